The van der Waals surface area contributed by atoms with Crippen LogP contribution in [0.5, 0.6) is 11.5 Å². The number of hydrogen-bond acceptors (Lipinski definition) is 5. The largest absolute Gasteiger partial charge is 0.495 e. The molecule has 2 aromatic rings. The average Bonchev–Trinajstić information content (AvgIpc) is 3.12. The number of methoxy groups -OCH3 is 1. The monoisotopic (exact) mass is 438 g/mol. The Balaban J connectivity index is 1.84. The van der Waals surface area contributed by atoms with E-state index in [-0.39, 0.29) is 10.6 Å². The molecule has 1 aliphatic heterocycles. The summed E-state index contributed by atoms with van der Waals surface area (Å²) in [6, 6.07) is 9.58. The lowest BCUT2D eigenvalue weighted by atomic mass is 10.1. The van der Waals surface area contributed by atoms with Crippen LogP contribution < -0.4 is 14.8 Å². The summed E-state index contributed by atoms with van der Waals surface area (Å²) >= 11 is 6.00. The maximum atomic E-state index is 12.8. The Kier molecular flexibility index (Phi) is 6.36. The van der Waals surface area contributed by atoms with Crippen LogP contribution in [0.2, 0.25) is 5.02 Å². The summed E-state index contributed by atoms with van der Waals surface area (Å²) in [6.45, 7) is 4.25. The first-order valence-corrected chi connectivity index (χ1v) is 11.1. The van der Waals surface area contributed by atoms with E-state index in [1.165, 1.54) is 29.6 Å². The van der Waals surface area contributed by atoms with Gasteiger partial charge >= 0.3 is 0 Å². The van der Waals surface area contributed by atoms with Crippen molar-refractivity contribution in [3.05, 3.63) is 47.0 Å². The lowest BCUT2D eigenvalue weighted by Gasteiger charge is -2.20. The van der Waals surface area contributed by atoms with E-state index in [2.05, 4.69) is 5.32 Å². The molecule has 156 valence electrons. The van der Waals surface area contributed by atoms with E-state index in [0.717, 1.165) is 5.56 Å². The molecule has 0 saturated carbocycles. The summed E-state index contributed by atoms with van der Waals surface area (Å²) in [7, 11) is -2.22. The van der Waals surface area contributed by atoms with Crippen LogP contribution >= 0.6 is 11.6 Å². The van der Waals surface area contributed by atoms with E-state index < -0.39 is 22.0 Å². The fraction of sp³-hybridized carbons (Fsp3) is 0.350. The fourth-order valence-corrected chi connectivity index (χ4v) is 4.91. The molecule has 1 atom stereocenters. The van der Waals surface area contributed by atoms with Crippen LogP contribution in [0.4, 0.5) is 5.69 Å². The number of ether oxygens (including phenoxy) is 2. The number of halogens is 1. The molecule has 0 bridgehead atoms. The normalized spacial score (nSPS) is 15.7. The Bertz CT molecular complexity index is 1020. The number of benzene rings is 2. The molecule has 7 nitrogen and oxygen atoms in total. The number of nitrogens with one attached hydrogen (secondary N) is 1. The second-order valence-electron chi connectivity index (χ2n) is 6.50. The van der Waals surface area contributed by atoms with Gasteiger partial charge < -0.3 is 14.8 Å². The SMILES string of the molecule is CCN(CC)S(=O)(=O)c1ccc(OC)c(NC(=O)C2Cc3cc(Cl)ccc3O2)c1. The minimum Gasteiger partial charge on any atom is -0.495 e. The second-order valence-corrected chi connectivity index (χ2v) is 8.88. The molecule has 0 saturated heterocycles. The highest BCUT2D eigenvalue weighted by molar-refractivity contribution is 7.89. The number of carbonyl (C=O) groups excluding carboxylic acids is 1. The highest BCUT2D eigenvalue weighted by Gasteiger charge is 2.30. The van der Waals surface area contributed by atoms with E-state index >= 15 is 0 Å². The molecule has 0 spiro atoms. The number of carbonyl (C=O) groups is 1. The Morgan fingerprint density at radius 3 is 2.62 bits per heavy atom. The van der Waals surface area contributed by atoms with Gasteiger partial charge in [-0.15, -0.1) is 0 Å². The average molecular weight is 439 g/mol. The van der Waals surface area contributed by atoms with Crippen molar-refractivity contribution < 1.29 is 22.7 Å². The molecular formula is C20H23ClN2O5S. The van der Waals surface area contributed by atoms with Crippen molar-refractivity contribution >= 4 is 33.2 Å². The van der Waals surface area contributed by atoms with Crippen molar-refractivity contribution in [3.63, 3.8) is 0 Å². The quantitative estimate of drug-likeness (QED) is 0.716. The number of fused-ring (bicyclic) bond motifs is 1. The van der Waals surface area contributed by atoms with Crippen molar-refractivity contribution in [1.82, 2.24) is 4.31 Å². The molecule has 29 heavy (non-hydrogen) atoms. The summed E-state index contributed by atoms with van der Waals surface area (Å²) < 4.78 is 37.9. The molecule has 0 radical (unpaired) electrons. The Hall–Kier alpha value is -2.29. The number of hydrogen-bond donors (Lipinski definition) is 1. The van der Waals surface area contributed by atoms with Crippen LogP contribution in [0.3, 0.4) is 0 Å². The third-order valence-electron chi connectivity index (χ3n) is 4.76. The topological polar surface area (TPSA) is 84.9 Å². The Morgan fingerprint density at radius 1 is 1.24 bits per heavy atom. The van der Waals surface area contributed by atoms with Gasteiger partial charge in [-0.1, -0.05) is 25.4 Å². The van der Waals surface area contributed by atoms with E-state index in [0.29, 0.717) is 36.0 Å². The first kappa shape index (κ1) is 21.4. The van der Waals surface area contributed by atoms with E-state index in [9.17, 15) is 13.2 Å². The van der Waals surface area contributed by atoms with Gasteiger partial charge in [0.1, 0.15) is 11.5 Å². The molecule has 1 unspecified atom stereocenters. The second kappa shape index (κ2) is 8.61. The molecular weight excluding hydrogens is 416 g/mol. The molecule has 2 aromatic carbocycles. The molecule has 1 N–H and O–H groups in total. The molecule has 1 heterocycles. The van der Waals surface area contributed by atoms with Gasteiger partial charge in [-0.2, -0.15) is 4.31 Å². The van der Waals surface area contributed by atoms with Gasteiger partial charge in [0.15, 0.2) is 6.10 Å². The first-order valence-electron chi connectivity index (χ1n) is 9.24. The fourth-order valence-electron chi connectivity index (χ4n) is 3.23. The molecule has 1 aliphatic rings. The van der Waals surface area contributed by atoms with E-state index in [1.54, 1.807) is 32.0 Å². The summed E-state index contributed by atoms with van der Waals surface area (Å²) in [5.41, 5.74) is 1.12. The van der Waals surface area contributed by atoms with Crippen LogP contribution in [0.1, 0.15) is 19.4 Å². The van der Waals surface area contributed by atoms with Crippen molar-refractivity contribution in [2.45, 2.75) is 31.3 Å². The summed E-state index contributed by atoms with van der Waals surface area (Å²) in [5, 5.41) is 3.31. The summed E-state index contributed by atoms with van der Waals surface area (Å²) in [5.74, 6) is 0.572. The molecule has 9 heteroatoms. The van der Waals surface area contributed by atoms with Crippen molar-refractivity contribution in [2.75, 3.05) is 25.5 Å². The number of sulfonamides is 1. The highest BCUT2D eigenvalue weighted by Crippen LogP contribution is 2.33. The minimum atomic E-state index is -3.67. The Morgan fingerprint density at radius 2 is 1.97 bits per heavy atom. The van der Waals surface area contributed by atoms with Gasteiger partial charge in [0.05, 0.1) is 17.7 Å². The third kappa shape index (κ3) is 4.34. The predicted molar refractivity (Wildman–Crippen MR) is 111 cm³/mol. The zero-order valence-electron chi connectivity index (χ0n) is 16.4. The molecule has 0 fully saturated rings. The highest BCUT2D eigenvalue weighted by atomic mass is 35.5. The zero-order chi connectivity index (χ0) is 21.2. The lowest BCUT2D eigenvalue weighted by Crippen LogP contribution is -2.32. The Labute approximate surface area is 175 Å². The van der Waals surface area contributed by atoms with Crippen molar-refractivity contribution in [2.24, 2.45) is 0 Å². The number of rotatable bonds is 7. The maximum Gasteiger partial charge on any atom is 0.265 e. The van der Waals surface area contributed by atoms with E-state index in [4.69, 9.17) is 21.1 Å². The van der Waals surface area contributed by atoms with Crippen LogP contribution in [-0.2, 0) is 21.2 Å². The minimum absolute atomic E-state index is 0.0831. The van der Waals surface area contributed by atoms with Gasteiger partial charge in [-0.05, 0) is 42.0 Å². The molecule has 0 aliphatic carbocycles. The van der Waals surface area contributed by atoms with E-state index in [1.807, 2.05) is 0 Å². The zero-order valence-corrected chi connectivity index (χ0v) is 18.0. The van der Waals surface area contributed by atoms with Crippen LogP contribution in [0.15, 0.2) is 41.3 Å². The smallest absolute Gasteiger partial charge is 0.265 e. The number of amides is 1. The number of anilines is 1. The van der Waals surface area contributed by atoms with Gasteiger partial charge in [-0.3, -0.25) is 4.79 Å². The van der Waals surface area contributed by atoms with Crippen molar-refractivity contribution in [3.8, 4) is 11.5 Å². The van der Waals surface area contributed by atoms with Crippen LogP contribution in [0, 0.1) is 0 Å². The van der Waals surface area contributed by atoms with Gasteiger partial charge in [-0.25, -0.2) is 8.42 Å². The summed E-state index contributed by atoms with van der Waals surface area (Å²) in [6.07, 6.45) is -0.363. The molecule has 3 rings (SSSR count). The van der Waals surface area contributed by atoms with Crippen LogP contribution in [-0.4, -0.2) is 44.9 Å². The standard InChI is InChI=1S/C20H23ClN2O5S/c1-4-23(5-2)29(25,26)15-7-9-18(27-3)16(12-15)22-20(24)19-11-13-10-14(21)6-8-17(13)28-19/h6-10,12,19H,4-5,11H2,1-3H3,(H,22,24). The van der Waals surface area contributed by atoms with Crippen LogP contribution in [0.25, 0.3) is 0 Å². The molecule has 0 aromatic heterocycles. The molecule has 1 amide bonds. The van der Waals surface area contributed by atoms with Gasteiger partial charge in [0.25, 0.3) is 5.91 Å². The van der Waals surface area contributed by atoms with Gasteiger partial charge in [0.2, 0.25) is 10.0 Å². The predicted octanol–water partition coefficient (Wildman–Crippen LogP) is 3.32. The summed E-state index contributed by atoms with van der Waals surface area (Å²) in [4.78, 5) is 12.8. The third-order valence-corrected chi connectivity index (χ3v) is 7.04. The first-order chi connectivity index (χ1) is 13.8. The lowest BCUT2D eigenvalue weighted by molar-refractivity contribution is -0.122. The van der Waals surface area contributed by atoms with Gasteiger partial charge in [0, 0.05) is 24.5 Å². The van der Waals surface area contributed by atoms with Crippen molar-refractivity contribution in [1.29, 1.82) is 0 Å². The number of nitrogens with zero attached hydrogens (tertiary/aromatic N) is 1. The maximum absolute atomic E-state index is 12.8.